The number of para-hydroxylation sites is 1. The first-order chi connectivity index (χ1) is 8.99. The van der Waals surface area contributed by atoms with E-state index < -0.39 is 0 Å². The Balaban J connectivity index is 2.12. The van der Waals surface area contributed by atoms with E-state index in [2.05, 4.69) is 22.1 Å². The van der Waals surface area contributed by atoms with Gasteiger partial charge in [0.1, 0.15) is 5.84 Å². The summed E-state index contributed by atoms with van der Waals surface area (Å²) in [4.78, 5) is 18.3. The molecule has 1 aliphatic heterocycles. The number of rotatable bonds is 1. The van der Waals surface area contributed by atoms with Crippen LogP contribution in [-0.4, -0.2) is 29.9 Å². The Morgan fingerprint density at radius 1 is 1.37 bits per heavy atom. The van der Waals surface area contributed by atoms with Crippen molar-refractivity contribution in [2.45, 2.75) is 39.7 Å². The number of hydrogen-bond acceptors (Lipinski definition) is 1. The molecule has 0 aromatic heterocycles. The third-order valence-electron chi connectivity index (χ3n) is 3.80. The average Bonchev–Trinajstić information content (AvgIpc) is 2.66. The lowest BCUT2D eigenvalue weighted by Gasteiger charge is -2.17. The summed E-state index contributed by atoms with van der Waals surface area (Å²) >= 11 is 0. The fourth-order valence-electron chi connectivity index (χ4n) is 2.36. The van der Waals surface area contributed by atoms with E-state index in [1.54, 1.807) is 0 Å². The molecule has 102 valence electrons. The van der Waals surface area contributed by atoms with Gasteiger partial charge in [0.05, 0.1) is 0 Å². The highest BCUT2D eigenvalue weighted by Crippen LogP contribution is 2.21. The molecular formula is C15H21N3O. The van der Waals surface area contributed by atoms with Crippen LogP contribution in [0.15, 0.2) is 23.2 Å². The summed E-state index contributed by atoms with van der Waals surface area (Å²) in [5, 5.41) is 2.89. The number of amidine groups is 1. The number of amides is 2. The van der Waals surface area contributed by atoms with Crippen LogP contribution in [0.2, 0.25) is 0 Å². The molecule has 1 aromatic rings. The molecule has 1 heterocycles. The number of likely N-dealkylation sites (tertiary alicyclic amines) is 1. The second-order valence-corrected chi connectivity index (χ2v) is 5.22. The van der Waals surface area contributed by atoms with Crippen LogP contribution in [0.3, 0.4) is 0 Å². The second-order valence-electron chi connectivity index (χ2n) is 5.22. The van der Waals surface area contributed by atoms with E-state index in [9.17, 15) is 4.79 Å². The van der Waals surface area contributed by atoms with Gasteiger partial charge in [-0.25, -0.2) is 4.79 Å². The Bertz CT molecular complexity index is 502. The van der Waals surface area contributed by atoms with E-state index in [-0.39, 0.29) is 6.03 Å². The first-order valence-electron chi connectivity index (χ1n) is 6.66. The molecule has 0 bridgehead atoms. The number of urea groups is 1. The molecule has 1 N–H and O–H groups in total. The molecule has 2 amide bonds. The fourth-order valence-corrected chi connectivity index (χ4v) is 2.36. The molecular weight excluding hydrogens is 238 g/mol. The molecule has 19 heavy (non-hydrogen) atoms. The molecule has 1 fully saturated rings. The minimum Gasteiger partial charge on any atom is -0.360 e. The highest BCUT2D eigenvalue weighted by atomic mass is 16.2. The number of aliphatic imine (C=N–C) groups is 1. The molecule has 0 radical (unpaired) electrons. The number of aryl methyl sites for hydroxylation is 2. The lowest BCUT2D eigenvalue weighted by Crippen LogP contribution is -2.27. The summed E-state index contributed by atoms with van der Waals surface area (Å²) in [7, 11) is 1.99. The zero-order chi connectivity index (χ0) is 14.0. The largest absolute Gasteiger partial charge is 0.360 e. The summed E-state index contributed by atoms with van der Waals surface area (Å²) < 4.78 is 0. The smallest absolute Gasteiger partial charge is 0.347 e. The maximum absolute atomic E-state index is 12.0. The predicted octanol–water partition coefficient (Wildman–Crippen LogP) is 3.35. The molecule has 0 aliphatic carbocycles. The molecule has 4 nitrogen and oxygen atoms in total. The highest BCUT2D eigenvalue weighted by molar-refractivity contribution is 6.01. The van der Waals surface area contributed by atoms with Crippen molar-refractivity contribution in [3.63, 3.8) is 0 Å². The van der Waals surface area contributed by atoms with Crippen molar-refractivity contribution >= 4 is 17.6 Å². The molecule has 1 unspecified atom stereocenters. The topological polar surface area (TPSA) is 44.7 Å². The van der Waals surface area contributed by atoms with Crippen LogP contribution in [0.1, 0.15) is 30.9 Å². The van der Waals surface area contributed by atoms with E-state index in [4.69, 9.17) is 0 Å². The summed E-state index contributed by atoms with van der Waals surface area (Å²) in [6.07, 6.45) is 1.93. The maximum Gasteiger partial charge on any atom is 0.347 e. The Morgan fingerprint density at radius 3 is 2.53 bits per heavy atom. The Morgan fingerprint density at radius 2 is 2.00 bits per heavy atom. The maximum atomic E-state index is 12.0. The fraction of sp³-hybridized carbons (Fsp3) is 0.467. The number of carbonyl (C=O) groups is 1. The van der Waals surface area contributed by atoms with Gasteiger partial charge in [0.25, 0.3) is 0 Å². The van der Waals surface area contributed by atoms with Crippen molar-refractivity contribution in [1.82, 2.24) is 4.90 Å². The van der Waals surface area contributed by atoms with Gasteiger partial charge < -0.3 is 10.2 Å². The van der Waals surface area contributed by atoms with Crippen LogP contribution in [-0.2, 0) is 0 Å². The van der Waals surface area contributed by atoms with E-state index >= 15 is 0 Å². The second kappa shape index (κ2) is 5.43. The zero-order valence-corrected chi connectivity index (χ0v) is 12.0. The van der Waals surface area contributed by atoms with Crippen LogP contribution in [0.5, 0.6) is 0 Å². The number of anilines is 1. The van der Waals surface area contributed by atoms with Crippen molar-refractivity contribution in [2.24, 2.45) is 4.99 Å². The number of benzene rings is 1. The molecule has 0 spiro atoms. The van der Waals surface area contributed by atoms with Gasteiger partial charge >= 0.3 is 6.03 Å². The molecule has 2 rings (SSSR count). The molecule has 0 saturated carbocycles. The van der Waals surface area contributed by atoms with Crippen molar-refractivity contribution in [1.29, 1.82) is 0 Å². The number of hydrogen-bond donors (Lipinski definition) is 1. The number of nitrogens with one attached hydrogen (secondary N) is 1. The van der Waals surface area contributed by atoms with E-state index in [0.717, 1.165) is 35.5 Å². The minimum absolute atomic E-state index is 0.284. The normalized spacial score (nSPS) is 20.9. The molecule has 1 atom stereocenters. The van der Waals surface area contributed by atoms with Gasteiger partial charge in [-0.2, -0.15) is 4.99 Å². The van der Waals surface area contributed by atoms with Crippen molar-refractivity contribution in [3.8, 4) is 0 Å². The molecule has 1 saturated heterocycles. The summed E-state index contributed by atoms with van der Waals surface area (Å²) in [6, 6.07) is 6.14. The minimum atomic E-state index is -0.284. The van der Waals surface area contributed by atoms with Crippen LogP contribution < -0.4 is 5.32 Å². The molecule has 1 aromatic carbocycles. The van der Waals surface area contributed by atoms with Crippen LogP contribution in [0.25, 0.3) is 0 Å². The average molecular weight is 259 g/mol. The quantitative estimate of drug-likeness (QED) is 0.840. The lowest BCUT2D eigenvalue weighted by atomic mass is 10.1. The molecule has 1 aliphatic rings. The number of nitrogens with zero attached hydrogens (tertiary/aromatic N) is 2. The SMILES string of the molecule is Cc1cccc(C)c1NC(=O)/N=C1\CCC(C)N1C. The first kappa shape index (κ1) is 13.6. The van der Waals surface area contributed by atoms with Gasteiger partial charge in [-0.3, -0.25) is 0 Å². The van der Waals surface area contributed by atoms with Gasteiger partial charge in [-0.05, 0) is 38.3 Å². The van der Waals surface area contributed by atoms with Gasteiger partial charge in [0, 0.05) is 25.2 Å². The van der Waals surface area contributed by atoms with Crippen molar-refractivity contribution < 1.29 is 4.79 Å². The molecule has 4 heteroatoms. The van der Waals surface area contributed by atoms with Gasteiger partial charge in [0.15, 0.2) is 0 Å². The van der Waals surface area contributed by atoms with Gasteiger partial charge in [-0.1, -0.05) is 18.2 Å². The standard InChI is InChI=1S/C15H21N3O/c1-10-6-5-7-11(2)14(10)17-15(19)16-13-9-8-12(3)18(13)4/h5-7,12H,8-9H2,1-4H3,(H,17,19)/b16-13+. The predicted molar refractivity (Wildman–Crippen MR) is 78.8 cm³/mol. The van der Waals surface area contributed by atoms with Crippen LogP contribution in [0.4, 0.5) is 10.5 Å². The lowest BCUT2D eigenvalue weighted by molar-refractivity contribution is 0.259. The Hall–Kier alpha value is -1.84. The van der Waals surface area contributed by atoms with E-state index in [1.807, 2.05) is 39.1 Å². The third-order valence-corrected chi connectivity index (χ3v) is 3.80. The van der Waals surface area contributed by atoms with Crippen LogP contribution >= 0.6 is 0 Å². The first-order valence-corrected chi connectivity index (χ1v) is 6.66. The van der Waals surface area contributed by atoms with Gasteiger partial charge in [-0.15, -0.1) is 0 Å². The van der Waals surface area contributed by atoms with Crippen molar-refractivity contribution in [2.75, 3.05) is 12.4 Å². The van der Waals surface area contributed by atoms with E-state index in [1.165, 1.54) is 0 Å². The van der Waals surface area contributed by atoms with Crippen molar-refractivity contribution in [3.05, 3.63) is 29.3 Å². The van der Waals surface area contributed by atoms with E-state index in [0.29, 0.717) is 6.04 Å². The summed E-state index contributed by atoms with van der Waals surface area (Å²) in [5.41, 5.74) is 2.98. The highest BCUT2D eigenvalue weighted by Gasteiger charge is 2.22. The third kappa shape index (κ3) is 2.95. The summed E-state index contributed by atoms with van der Waals surface area (Å²) in [6.45, 7) is 6.12. The monoisotopic (exact) mass is 259 g/mol. The van der Waals surface area contributed by atoms with Gasteiger partial charge in [0.2, 0.25) is 0 Å². The Labute approximate surface area is 114 Å². The summed E-state index contributed by atoms with van der Waals surface area (Å²) in [5.74, 6) is 0.872. The van der Waals surface area contributed by atoms with Crippen LogP contribution in [0, 0.1) is 13.8 Å². The number of carbonyl (C=O) groups excluding carboxylic acids is 1. The Kier molecular flexibility index (Phi) is 3.88. The zero-order valence-electron chi connectivity index (χ0n) is 12.0.